The maximum atomic E-state index is 13.1. The number of aryl methyl sites for hydroxylation is 1. The molecule has 1 aromatic carbocycles. The molecule has 1 amide bonds. The predicted octanol–water partition coefficient (Wildman–Crippen LogP) is 2.19. The van der Waals surface area contributed by atoms with Crippen molar-refractivity contribution in [2.24, 2.45) is 5.92 Å². The summed E-state index contributed by atoms with van der Waals surface area (Å²) in [6, 6.07) is 8.28. The molecule has 5 heterocycles. The Morgan fingerprint density at radius 1 is 1.21 bits per heavy atom. The highest BCUT2D eigenvalue weighted by Gasteiger charge is 2.37. The molecule has 3 aliphatic heterocycles. The summed E-state index contributed by atoms with van der Waals surface area (Å²) in [7, 11) is 0. The minimum atomic E-state index is 0.181. The number of amides is 1. The highest BCUT2D eigenvalue weighted by molar-refractivity contribution is 5.80. The van der Waals surface area contributed by atoms with E-state index >= 15 is 0 Å². The Kier molecular flexibility index (Phi) is 4.39. The quantitative estimate of drug-likeness (QED) is 0.756. The van der Waals surface area contributed by atoms with Gasteiger partial charge in [-0.2, -0.15) is 5.10 Å². The van der Waals surface area contributed by atoms with Gasteiger partial charge in [0, 0.05) is 49.5 Å². The average Bonchev–Trinajstić information content (AvgIpc) is 3.16. The Balaban J connectivity index is 1.29. The van der Waals surface area contributed by atoms with E-state index in [1.54, 1.807) is 11.0 Å². The fourth-order valence-corrected chi connectivity index (χ4v) is 4.70. The number of rotatable bonds is 4. The van der Waals surface area contributed by atoms with Gasteiger partial charge in [-0.05, 0) is 31.7 Å². The summed E-state index contributed by atoms with van der Waals surface area (Å²) < 4.78 is 1.79. The number of hydrogen-bond donors (Lipinski definition) is 1. The van der Waals surface area contributed by atoms with Gasteiger partial charge in [0.25, 0.3) is 0 Å². The van der Waals surface area contributed by atoms with E-state index in [0.717, 1.165) is 54.9 Å². The van der Waals surface area contributed by atoms with Crippen molar-refractivity contribution in [3.05, 3.63) is 48.2 Å². The minimum Gasteiger partial charge on any atom is -0.348 e. The molecule has 2 atom stereocenters. The molecule has 7 heteroatoms. The Labute approximate surface area is 164 Å². The topological polar surface area (TPSA) is 70.1 Å². The van der Waals surface area contributed by atoms with Crippen LogP contribution in [0.5, 0.6) is 0 Å². The van der Waals surface area contributed by atoms with Gasteiger partial charge in [0.1, 0.15) is 6.54 Å². The fourth-order valence-electron chi connectivity index (χ4n) is 4.70. The molecular weight excluding hydrogens is 352 g/mol. The van der Waals surface area contributed by atoms with Crippen LogP contribution in [0, 0.1) is 12.8 Å². The first-order valence-corrected chi connectivity index (χ1v) is 10.1. The van der Waals surface area contributed by atoms with Crippen molar-refractivity contribution in [1.82, 2.24) is 29.5 Å². The van der Waals surface area contributed by atoms with Crippen LogP contribution in [0.4, 0.5) is 0 Å². The van der Waals surface area contributed by atoms with Crippen molar-refractivity contribution in [2.45, 2.75) is 38.9 Å². The highest BCUT2D eigenvalue weighted by atomic mass is 16.2. The number of H-pyrrole nitrogens is 1. The van der Waals surface area contributed by atoms with E-state index in [-0.39, 0.29) is 11.9 Å². The number of nitrogens with one attached hydrogen (secondary N) is 1. The summed E-state index contributed by atoms with van der Waals surface area (Å²) in [5.74, 6) is 0.721. The smallest absolute Gasteiger partial charge is 0.244 e. The van der Waals surface area contributed by atoms with E-state index in [4.69, 9.17) is 0 Å². The largest absolute Gasteiger partial charge is 0.348 e. The molecule has 6 rings (SSSR count). The maximum Gasteiger partial charge on any atom is 0.244 e. The minimum absolute atomic E-state index is 0.181. The van der Waals surface area contributed by atoms with Crippen LogP contribution >= 0.6 is 0 Å². The van der Waals surface area contributed by atoms with Crippen LogP contribution in [0.1, 0.15) is 24.2 Å². The SMILES string of the molecule is Cc1[nH]cnc1CN1C[C@H]2CC[C@@H](C1)N(C(=O)Cn1cc3ccccc3n1)C2. The second-order valence-corrected chi connectivity index (χ2v) is 8.20. The summed E-state index contributed by atoms with van der Waals surface area (Å²) in [5, 5.41) is 5.63. The third kappa shape index (κ3) is 3.30. The van der Waals surface area contributed by atoms with Crippen LogP contribution < -0.4 is 0 Å². The van der Waals surface area contributed by atoms with Crippen molar-refractivity contribution >= 4 is 16.8 Å². The monoisotopic (exact) mass is 378 g/mol. The van der Waals surface area contributed by atoms with Crippen molar-refractivity contribution in [3.8, 4) is 0 Å². The Morgan fingerprint density at radius 3 is 2.93 bits per heavy atom. The third-order valence-corrected chi connectivity index (χ3v) is 6.18. The predicted molar refractivity (Wildman–Crippen MR) is 107 cm³/mol. The Bertz CT molecular complexity index is 959. The van der Waals surface area contributed by atoms with Crippen molar-refractivity contribution < 1.29 is 4.79 Å². The van der Waals surface area contributed by atoms with Crippen LogP contribution in [0.25, 0.3) is 10.9 Å². The molecule has 28 heavy (non-hydrogen) atoms. The highest BCUT2D eigenvalue weighted by Crippen LogP contribution is 2.29. The third-order valence-electron chi connectivity index (χ3n) is 6.18. The molecule has 7 nitrogen and oxygen atoms in total. The molecule has 0 aliphatic carbocycles. The molecule has 0 spiro atoms. The molecule has 0 radical (unpaired) electrons. The van der Waals surface area contributed by atoms with Gasteiger partial charge in [0.2, 0.25) is 5.91 Å². The van der Waals surface area contributed by atoms with E-state index in [2.05, 4.69) is 31.8 Å². The second-order valence-electron chi connectivity index (χ2n) is 8.20. The van der Waals surface area contributed by atoms with Gasteiger partial charge in [-0.1, -0.05) is 18.2 Å². The Morgan fingerprint density at radius 2 is 2.11 bits per heavy atom. The van der Waals surface area contributed by atoms with Crippen molar-refractivity contribution in [3.63, 3.8) is 0 Å². The summed E-state index contributed by atoms with van der Waals surface area (Å²) in [6.07, 6.45) is 6.03. The number of aromatic nitrogens is 4. The lowest BCUT2D eigenvalue weighted by Crippen LogP contribution is -2.48. The Hall–Kier alpha value is -2.67. The number of benzene rings is 1. The summed E-state index contributed by atoms with van der Waals surface area (Å²) in [5.41, 5.74) is 3.19. The van der Waals surface area contributed by atoms with Gasteiger partial charge in [-0.3, -0.25) is 14.4 Å². The molecule has 3 saturated heterocycles. The standard InChI is InChI=1S/C21H26N6O/c1-15-20(23-14-22-15)12-25-8-16-6-7-18(11-25)27(9-16)21(28)13-26-10-17-4-2-3-5-19(17)24-26/h2-5,10,14,16,18H,6-9,11-13H2,1H3,(H,22,23)/t16-,18+/m1/s1. The van der Waals surface area contributed by atoms with E-state index in [0.29, 0.717) is 12.5 Å². The number of nitrogens with zero attached hydrogens (tertiary/aromatic N) is 5. The zero-order valence-electron chi connectivity index (χ0n) is 16.2. The van der Waals surface area contributed by atoms with Crippen LogP contribution in [0.3, 0.4) is 0 Å². The molecule has 0 unspecified atom stereocenters. The molecule has 0 saturated carbocycles. The van der Waals surface area contributed by atoms with E-state index in [9.17, 15) is 4.79 Å². The van der Waals surface area contributed by atoms with Crippen LogP contribution in [-0.4, -0.2) is 61.1 Å². The number of hydrogen-bond acceptors (Lipinski definition) is 4. The van der Waals surface area contributed by atoms with Gasteiger partial charge in [0.05, 0.1) is 17.5 Å². The number of imidazole rings is 1. The second kappa shape index (κ2) is 7.05. The van der Waals surface area contributed by atoms with Crippen LogP contribution in [-0.2, 0) is 17.9 Å². The average molecular weight is 378 g/mol. The maximum absolute atomic E-state index is 13.1. The van der Waals surface area contributed by atoms with Gasteiger partial charge in [-0.25, -0.2) is 4.98 Å². The number of carbonyl (C=O) groups is 1. The molecular formula is C21H26N6O. The molecule has 146 valence electrons. The number of piperidine rings is 1. The van der Waals surface area contributed by atoms with Gasteiger partial charge < -0.3 is 9.88 Å². The first kappa shape index (κ1) is 17.4. The van der Waals surface area contributed by atoms with Gasteiger partial charge in [0.15, 0.2) is 0 Å². The summed E-state index contributed by atoms with van der Waals surface area (Å²) >= 11 is 0. The van der Waals surface area contributed by atoms with Gasteiger partial charge >= 0.3 is 0 Å². The number of fused-ring (bicyclic) bond motifs is 5. The van der Waals surface area contributed by atoms with E-state index < -0.39 is 0 Å². The number of carbonyl (C=O) groups excluding carboxylic acids is 1. The van der Waals surface area contributed by atoms with Gasteiger partial charge in [-0.15, -0.1) is 0 Å². The fraction of sp³-hybridized carbons (Fsp3) is 0.476. The first-order valence-electron chi connectivity index (χ1n) is 10.1. The summed E-state index contributed by atoms with van der Waals surface area (Å²) in [6.45, 7) is 6.07. The molecule has 2 bridgehead atoms. The molecule has 1 N–H and O–H groups in total. The number of aromatic amines is 1. The normalized spacial score (nSPS) is 22.7. The van der Waals surface area contributed by atoms with Crippen molar-refractivity contribution in [2.75, 3.05) is 19.6 Å². The van der Waals surface area contributed by atoms with Crippen LogP contribution in [0.2, 0.25) is 0 Å². The first-order chi connectivity index (χ1) is 13.7. The molecule has 3 aromatic rings. The molecule has 2 aromatic heterocycles. The lowest BCUT2D eigenvalue weighted by molar-refractivity contribution is -0.136. The van der Waals surface area contributed by atoms with Crippen LogP contribution in [0.15, 0.2) is 36.8 Å². The molecule has 3 fully saturated rings. The molecule has 3 aliphatic rings. The van der Waals surface area contributed by atoms with E-state index in [1.807, 2.05) is 30.5 Å². The summed E-state index contributed by atoms with van der Waals surface area (Å²) in [4.78, 5) is 25.3. The lowest BCUT2D eigenvalue weighted by atomic mass is 9.95. The lowest BCUT2D eigenvalue weighted by Gasteiger charge is -2.36. The van der Waals surface area contributed by atoms with Crippen molar-refractivity contribution in [1.29, 1.82) is 0 Å². The van der Waals surface area contributed by atoms with E-state index in [1.165, 1.54) is 6.42 Å². The zero-order valence-corrected chi connectivity index (χ0v) is 16.2. The zero-order chi connectivity index (χ0) is 19.1.